The molecule has 1 aromatic heterocycles. The summed E-state index contributed by atoms with van der Waals surface area (Å²) in [5.74, 6) is 0.126. The van der Waals surface area contributed by atoms with Crippen molar-refractivity contribution in [3.8, 4) is 6.07 Å². The summed E-state index contributed by atoms with van der Waals surface area (Å²) in [5.41, 5.74) is 2.96. The lowest BCUT2D eigenvalue weighted by molar-refractivity contribution is -0.445. The Morgan fingerprint density at radius 3 is 2.92 bits per heavy atom. The molecule has 0 saturated heterocycles. The van der Waals surface area contributed by atoms with Gasteiger partial charge < -0.3 is 0 Å². The van der Waals surface area contributed by atoms with Crippen LogP contribution in [0.25, 0.3) is 0 Å². The molecule has 0 unspecified atom stereocenters. The average molecular weight is 178 g/mol. The van der Waals surface area contributed by atoms with Crippen LogP contribution in [-0.4, -0.2) is 10.0 Å². The second-order valence-corrected chi connectivity index (χ2v) is 2.37. The summed E-state index contributed by atoms with van der Waals surface area (Å²) in [6.45, 7) is 1.69. The number of hydrogen-bond donors (Lipinski definition) is 1. The Hall–Kier alpha value is -2.16. The van der Waals surface area contributed by atoms with E-state index in [0.29, 0.717) is 11.1 Å². The fraction of sp³-hybridized carbons (Fsp3) is 0.143. The second kappa shape index (κ2) is 3.49. The van der Waals surface area contributed by atoms with Crippen molar-refractivity contribution in [2.24, 2.45) is 0 Å². The zero-order valence-electron chi connectivity index (χ0n) is 6.81. The molecule has 1 N–H and O–H groups in total. The first-order valence-electron chi connectivity index (χ1n) is 3.41. The minimum atomic E-state index is -0.701. The van der Waals surface area contributed by atoms with E-state index in [2.05, 4.69) is 4.98 Å². The molecular weight excluding hydrogens is 172 g/mol. The Kier molecular flexibility index (Phi) is 2.40. The van der Waals surface area contributed by atoms with E-state index in [4.69, 9.17) is 5.26 Å². The summed E-state index contributed by atoms with van der Waals surface area (Å²) in [4.78, 5) is 13.7. The first-order chi connectivity index (χ1) is 6.13. The van der Waals surface area contributed by atoms with Crippen LogP contribution < -0.4 is 5.43 Å². The molecule has 0 aliphatic carbocycles. The summed E-state index contributed by atoms with van der Waals surface area (Å²) in [6, 6.07) is 3.36. The lowest BCUT2D eigenvalue weighted by Gasteiger charge is -1.98. The number of anilines is 1. The summed E-state index contributed by atoms with van der Waals surface area (Å²) >= 11 is 0. The van der Waals surface area contributed by atoms with Gasteiger partial charge in [0, 0.05) is 6.20 Å². The van der Waals surface area contributed by atoms with Crippen molar-refractivity contribution in [3.05, 3.63) is 33.5 Å². The van der Waals surface area contributed by atoms with E-state index in [1.807, 2.05) is 11.5 Å². The van der Waals surface area contributed by atoms with Crippen LogP contribution in [0, 0.1) is 28.4 Å². The van der Waals surface area contributed by atoms with E-state index in [0.717, 1.165) is 0 Å². The zero-order valence-corrected chi connectivity index (χ0v) is 6.81. The molecule has 0 amide bonds. The van der Waals surface area contributed by atoms with Gasteiger partial charge >= 0.3 is 0 Å². The second-order valence-electron chi connectivity index (χ2n) is 2.37. The molecule has 0 aromatic carbocycles. The lowest BCUT2D eigenvalue weighted by Crippen LogP contribution is -2.09. The van der Waals surface area contributed by atoms with Crippen LogP contribution in [0.1, 0.15) is 11.1 Å². The maximum Gasteiger partial charge on any atom is 0.190 e. The van der Waals surface area contributed by atoms with Gasteiger partial charge in [-0.1, -0.05) is 5.43 Å². The van der Waals surface area contributed by atoms with Gasteiger partial charge in [-0.2, -0.15) is 5.26 Å². The number of rotatable bonds is 2. The van der Waals surface area contributed by atoms with Crippen molar-refractivity contribution in [2.45, 2.75) is 6.92 Å². The molecule has 0 aliphatic rings. The van der Waals surface area contributed by atoms with Gasteiger partial charge in [-0.15, -0.1) is 0 Å². The number of pyridine rings is 1. The molecule has 6 nitrogen and oxygen atoms in total. The highest BCUT2D eigenvalue weighted by Crippen LogP contribution is 2.10. The number of nitro groups is 1. The zero-order chi connectivity index (χ0) is 9.84. The molecule has 1 rings (SSSR count). The van der Waals surface area contributed by atoms with E-state index in [1.165, 1.54) is 12.3 Å². The first kappa shape index (κ1) is 8.93. The fourth-order valence-electron chi connectivity index (χ4n) is 0.828. The number of hydrazine groups is 1. The summed E-state index contributed by atoms with van der Waals surface area (Å²) in [7, 11) is 0. The summed E-state index contributed by atoms with van der Waals surface area (Å²) in [5, 5.41) is 17.9. The van der Waals surface area contributed by atoms with Crippen LogP contribution in [0.15, 0.2) is 12.3 Å². The quantitative estimate of drug-likeness (QED) is 0.535. The molecule has 0 radical (unpaired) electrons. The third kappa shape index (κ3) is 2.13. The number of aryl methyl sites for hydroxylation is 1. The minimum absolute atomic E-state index is 0.126. The van der Waals surface area contributed by atoms with E-state index >= 15 is 0 Å². The highest BCUT2D eigenvalue weighted by Gasteiger charge is 2.03. The lowest BCUT2D eigenvalue weighted by atomic mass is 10.2. The van der Waals surface area contributed by atoms with Gasteiger partial charge in [0.15, 0.2) is 10.9 Å². The van der Waals surface area contributed by atoms with Crippen molar-refractivity contribution in [3.63, 3.8) is 0 Å². The van der Waals surface area contributed by atoms with Gasteiger partial charge in [0.1, 0.15) is 6.07 Å². The van der Waals surface area contributed by atoms with Crippen molar-refractivity contribution >= 4 is 5.82 Å². The average Bonchev–Trinajstić information content (AvgIpc) is 2.03. The molecule has 6 heteroatoms. The number of aromatic nitrogens is 1. The molecule has 0 spiro atoms. The van der Waals surface area contributed by atoms with Crippen LogP contribution in [-0.2, 0) is 0 Å². The van der Waals surface area contributed by atoms with Crippen molar-refractivity contribution in [1.29, 1.82) is 5.26 Å². The third-order valence-electron chi connectivity index (χ3n) is 1.44. The van der Waals surface area contributed by atoms with Gasteiger partial charge in [0.25, 0.3) is 0 Å². The molecule has 0 bridgehead atoms. The Morgan fingerprint density at radius 1 is 1.77 bits per heavy atom. The van der Waals surface area contributed by atoms with Crippen LogP contribution in [0.3, 0.4) is 0 Å². The Balaban J connectivity index is 2.97. The van der Waals surface area contributed by atoms with Gasteiger partial charge in [-0.3, -0.25) is 0 Å². The number of nitriles is 1. The molecular formula is C7H6N4O2. The summed E-state index contributed by atoms with van der Waals surface area (Å²) < 4.78 is 0. The molecule has 1 heterocycles. The van der Waals surface area contributed by atoms with E-state index in [1.54, 1.807) is 6.92 Å². The Bertz CT molecular complexity index is 383. The normalized spacial score (nSPS) is 8.92. The maximum absolute atomic E-state index is 10.0. The van der Waals surface area contributed by atoms with Gasteiger partial charge in [-0.05, 0) is 18.6 Å². The molecule has 66 valence electrons. The monoisotopic (exact) mass is 178 g/mol. The molecule has 1 aromatic rings. The summed E-state index contributed by atoms with van der Waals surface area (Å²) in [6.07, 6.45) is 1.29. The fourth-order valence-corrected chi connectivity index (χ4v) is 0.828. The van der Waals surface area contributed by atoms with Crippen molar-refractivity contribution in [2.75, 3.05) is 5.43 Å². The van der Waals surface area contributed by atoms with Crippen molar-refractivity contribution in [1.82, 2.24) is 4.98 Å². The van der Waals surface area contributed by atoms with Crippen LogP contribution in [0.4, 0.5) is 5.82 Å². The van der Waals surface area contributed by atoms with Crippen LogP contribution in [0.2, 0.25) is 0 Å². The third-order valence-corrected chi connectivity index (χ3v) is 1.44. The van der Waals surface area contributed by atoms with Crippen LogP contribution >= 0.6 is 0 Å². The smallest absolute Gasteiger partial charge is 0.190 e. The molecule has 0 atom stereocenters. The first-order valence-corrected chi connectivity index (χ1v) is 3.41. The van der Waals surface area contributed by atoms with Crippen LogP contribution in [0.5, 0.6) is 0 Å². The predicted molar refractivity (Wildman–Crippen MR) is 44.3 cm³/mol. The highest BCUT2D eigenvalue weighted by atomic mass is 16.7. The largest absolute Gasteiger partial charge is 0.234 e. The molecule has 0 fully saturated rings. The van der Waals surface area contributed by atoms with E-state index in [9.17, 15) is 10.1 Å². The highest BCUT2D eigenvalue weighted by molar-refractivity contribution is 5.43. The molecule has 13 heavy (non-hydrogen) atoms. The number of nitrogens with one attached hydrogen (secondary N) is 1. The number of hydrogen-bond acceptors (Lipinski definition) is 4. The predicted octanol–water partition coefficient (Wildman–Crippen LogP) is 0.865. The molecule has 0 saturated carbocycles. The van der Waals surface area contributed by atoms with Crippen molar-refractivity contribution < 1.29 is 5.03 Å². The molecule has 0 aliphatic heterocycles. The van der Waals surface area contributed by atoms with Gasteiger partial charge in [-0.25, -0.2) is 15.1 Å². The maximum atomic E-state index is 10.0. The Morgan fingerprint density at radius 2 is 2.46 bits per heavy atom. The van der Waals surface area contributed by atoms with E-state index in [-0.39, 0.29) is 5.82 Å². The topological polar surface area (TPSA) is 91.8 Å². The number of nitrogens with zero attached hydrogens (tertiary/aromatic N) is 3. The SMILES string of the molecule is Cc1cc(N[N+](=O)[O-])ncc1C#N. The standard InChI is InChI=1S/C7H6N4O2/c1-5-2-7(10-11(12)13)9-4-6(5)3-8/h2,4H,1H3,(H,9,10). The van der Waals surface area contributed by atoms with Gasteiger partial charge in [0.05, 0.1) is 5.56 Å². The van der Waals surface area contributed by atoms with E-state index < -0.39 is 5.03 Å². The minimum Gasteiger partial charge on any atom is -0.234 e. The van der Waals surface area contributed by atoms with Gasteiger partial charge in [0.2, 0.25) is 0 Å². The Labute approximate surface area is 73.9 Å².